The van der Waals surface area contributed by atoms with Gasteiger partial charge in [0.2, 0.25) is 0 Å². The number of anilines is 2. The largest absolute Gasteiger partial charge is 0.327 e. The molecule has 0 amide bonds. The van der Waals surface area contributed by atoms with Crippen LogP contribution < -0.4 is 4.90 Å². The van der Waals surface area contributed by atoms with Crippen LogP contribution in [0, 0.1) is 0 Å². The van der Waals surface area contributed by atoms with Crippen molar-refractivity contribution in [3.05, 3.63) is 115 Å². The summed E-state index contributed by atoms with van der Waals surface area (Å²) in [6.45, 7) is 3.14. The van der Waals surface area contributed by atoms with Crippen LogP contribution in [0.15, 0.2) is 115 Å². The van der Waals surface area contributed by atoms with E-state index in [1.54, 1.807) is 0 Å². The van der Waals surface area contributed by atoms with Gasteiger partial charge in [-0.1, -0.05) is 78.9 Å². The van der Waals surface area contributed by atoms with E-state index in [9.17, 15) is 0 Å². The highest BCUT2D eigenvalue weighted by molar-refractivity contribution is 6.10. The van der Waals surface area contributed by atoms with Crippen molar-refractivity contribution in [2.24, 2.45) is 0 Å². The van der Waals surface area contributed by atoms with E-state index in [0.717, 1.165) is 6.54 Å². The molecule has 0 saturated heterocycles. The lowest BCUT2D eigenvalue weighted by Crippen LogP contribution is -2.18. The van der Waals surface area contributed by atoms with Crippen molar-refractivity contribution in [3.63, 3.8) is 0 Å². The van der Waals surface area contributed by atoms with Gasteiger partial charge in [0, 0.05) is 23.1 Å². The van der Waals surface area contributed by atoms with E-state index in [1.807, 2.05) is 0 Å². The SMILES string of the molecule is CCN1c2ccc3ccccc3c2-c2cc3ccccc3cc2-n2c1cc1cc3ccccc3cc12. The van der Waals surface area contributed by atoms with Crippen LogP contribution in [0.5, 0.6) is 0 Å². The summed E-state index contributed by atoms with van der Waals surface area (Å²) in [5.74, 6) is 1.22. The first-order chi connectivity index (χ1) is 17.8. The summed E-state index contributed by atoms with van der Waals surface area (Å²) in [6.07, 6.45) is 0. The standard InChI is InChI=1S/C34H24N2/c1-2-35-30-16-15-22-9-7-8-14-28(22)34(30)29-18-24-11-4-6-13-26(24)20-32(29)36-31-19-25-12-5-3-10-23(25)17-27(31)21-33(35)36/h3-21H,2H2,1H3. The minimum atomic E-state index is 0.884. The molecule has 0 radical (unpaired) electrons. The van der Waals surface area contributed by atoms with Gasteiger partial charge in [-0.25, -0.2) is 0 Å². The van der Waals surface area contributed by atoms with Crippen molar-refractivity contribution in [2.75, 3.05) is 11.4 Å². The highest BCUT2D eigenvalue weighted by atomic mass is 15.3. The quantitative estimate of drug-likeness (QED) is 0.237. The summed E-state index contributed by atoms with van der Waals surface area (Å²) in [5.41, 5.74) is 6.34. The van der Waals surface area contributed by atoms with Gasteiger partial charge in [0.25, 0.3) is 0 Å². The topological polar surface area (TPSA) is 8.17 Å². The predicted octanol–water partition coefficient (Wildman–Crippen LogP) is 9.23. The van der Waals surface area contributed by atoms with Crippen LogP contribution in [0.25, 0.3) is 60.0 Å². The molecule has 0 N–H and O–H groups in total. The van der Waals surface area contributed by atoms with Gasteiger partial charge in [-0.2, -0.15) is 0 Å². The summed E-state index contributed by atoms with van der Waals surface area (Å²) < 4.78 is 2.49. The molecule has 2 nitrogen and oxygen atoms in total. The second kappa shape index (κ2) is 7.22. The van der Waals surface area contributed by atoms with E-state index in [1.165, 1.54) is 71.5 Å². The second-order valence-corrected chi connectivity index (χ2v) is 9.74. The molecule has 36 heavy (non-hydrogen) atoms. The molecule has 0 bridgehead atoms. The van der Waals surface area contributed by atoms with Crippen molar-refractivity contribution >= 4 is 54.7 Å². The molecule has 1 aliphatic rings. The summed E-state index contributed by atoms with van der Waals surface area (Å²) in [7, 11) is 0. The Hall–Kier alpha value is -4.56. The van der Waals surface area contributed by atoms with E-state index in [2.05, 4.69) is 132 Å². The Kier molecular flexibility index (Phi) is 3.96. The van der Waals surface area contributed by atoms with Crippen molar-refractivity contribution in [1.82, 2.24) is 4.57 Å². The van der Waals surface area contributed by atoms with Gasteiger partial charge in [0.1, 0.15) is 5.82 Å². The lowest BCUT2D eigenvalue weighted by atomic mass is 9.93. The zero-order valence-corrected chi connectivity index (χ0v) is 20.1. The Morgan fingerprint density at radius 3 is 1.92 bits per heavy atom. The molecule has 7 aromatic rings. The number of benzene rings is 6. The number of nitrogens with zero attached hydrogens (tertiary/aromatic N) is 2. The van der Waals surface area contributed by atoms with E-state index >= 15 is 0 Å². The molecule has 6 aromatic carbocycles. The third-order valence-electron chi connectivity index (χ3n) is 7.81. The van der Waals surface area contributed by atoms with Crippen molar-refractivity contribution < 1.29 is 0 Å². The minimum Gasteiger partial charge on any atom is -0.327 e. The summed E-state index contributed by atoms with van der Waals surface area (Å²) in [6, 6.07) is 42.6. The average molecular weight is 461 g/mol. The maximum absolute atomic E-state index is 2.49. The maximum Gasteiger partial charge on any atom is 0.118 e. The van der Waals surface area contributed by atoms with Gasteiger partial charge in [-0.3, -0.25) is 4.57 Å². The van der Waals surface area contributed by atoms with Crippen LogP contribution in [0.1, 0.15) is 6.92 Å². The molecule has 2 heteroatoms. The molecule has 1 aromatic heterocycles. The van der Waals surface area contributed by atoms with E-state index in [0.29, 0.717) is 0 Å². The van der Waals surface area contributed by atoms with Crippen LogP contribution in [-0.2, 0) is 0 Å². The van der Waals surface area contributed by atoms with E-state index < -0.39 is 0 Å². The average Bonchev–Trinajstić information content (AvgIpc) is 3.23. The molecular weight excluding hydrogens is 436 g/mol. The Balaban J connectivity index is 1.60. The molecule has 170 valence electrons. The van der Waals surface area contributed by atoms with Crippen LogP contribution in [0.3, 0.4) is 0 Å². The molecule has 8 rings (SSSR count). The fourth-order valence-corrected chi connectivity index (χ4v) is 6.17. The first kappa shape index (κ1) is 19.7. The number of rotatable bonds is 1. The highest BCUT2D eigenvalue weighted by Gasteiger charge is 2.27. The predicted molar refractivity (Wildman–Crippen MR) is 154 cm³/mol. The van der Waals surface area contributed by atoms with Gasteiger partial charge < -0.3 is 4.90 Å². The fourth-order valence-electron chi connectivity index (χ4n) is 6.17. The first-order valence-corrected chi connectivity index (χ1v) is 12.7. The third kappa shape index (κ3) is 2.61. The lowest BCUT2D eigenvalue weighted by Gasteiger charge is -2.24. The van der Waals surface area contributed by atoms with Crippen molar-refractivity contribution in [1.29, 1.82) is 0 Å². The van der Waals surface area contributed by atoms with Crippen LogP contribution in [0.4, 0.5) is 11.5 Å². The third-order valence-corrected chi connectivity index (χ3v) is 7.81. The highest BCUT2D eigenvalue weighted by Crippen LogP contribution is 2.49. The van der Waals surface area contributed by atoms with E-state index in [4.69, 9.17) is 0 Å². The van der Waals surface area contributed by atoms with Gasteiger partial charge in [-0.05, 0) is 75.6 Å². The molecule has 0 unspecified atom stereocenters. The number of hydrogen-bond donors (Lipinski definition) is 0. The van der Waals surface area contributed by atoms with Crippen molar-refractivity contribution in [2.45, 2.75) is 6.92 Å². The molecule has 0 atom stereocenters. The van der Waals surface area contributed by atoms with Crippen molar-refractivity contribution in [3.8, 4) is 16.8 Å². The van der Waals surface area contributed by atoms with E-state index in [-0.39, 0.29) is 0 Å². The van der Waals surface area contributed by atoms with Crippen LogP contribution in [-0.4, -0.2) is 11.1 Å². The van der Waals surface area contributed by atoms with Gasteiger partial charge in [-0.15, -0.1) is 0 Å². The monoisotopic (exact) mass is 460 g/mol. The number of aromatic nitrogens is 1. The molecule has 2 heterocycles. The van der Waals surface area contributed by atoms with Crippen LogP contribution in [0.2, 0.25) is 0 Å². The smallest absolute Gasteiger partial charge is 0.118 e. The molecule has 0 spiro atoms. The summed E-state index contributed by atoms with van der Waals surface area (Å²) in [4.78, 5) is 2.48. The Morgan fingerprint density at radius 1 is 0.528 bits per heavy atom. The Morgan fingerprint density at radius 2 is 1.17 bits per heavy atom. The number of fused-ring (bicyclic) bond motifs is 11. The molecule has 0 fully saturated rings. The Bertz CT molecular complexity index is 1990. The molecular formula is C34H24N2. The zero-order valence-electron chi connectivity index (χ0n) is 20.1. The molecule has 0 saturated carbocycles. The first-order valence-electron chi connectivity index (χ1n) is 12.7. The molecule has 0 aliphatic carbocycles. The molecule has 1 aliphatic heterocycles. The second-order valence-electron chi connectivity index (χ2n) is 9.74. The summed E-state index contributed by atoms with van der Waals surface area (Å²) in [5, 5.41) is 8.91. The minimum absolute atomic E-state index is 0.884. The maximum atomic E-state index is 2.49. The number of hydrogen-bond acceptors (Lipinski definition) is 1. The zero-order chi connectivity index (χ0) is 23.8. The van der Waals surface area contributed by atoms with Gasteiger partial charge in [0.15, 0.2) is 0 Å². The van der Waals surface area contributed by atoms with Gasteiger partial charge >= 0.3 is 0 Å². The fraction of sp³-hybridized carbons (Fsp3) is 0.0588. The lowest BCUT2D eigenvalue weighted by molar-refractivity contribution is 0.969. The van der Waals surface area contributed by atoms with Crippen LogP contribution >= 0.6 is 0 Å². The summed E-state index contributed by atoms with van der Waals surface area (Å²) >= 11 is 0. The Labute approximate surface area is 209 Å². The normalized spacial score (nSPS) is 12.6. The van der Waals surface area contributed by atoms with Gasteiger partial charge in [0.05, 0.1) is 16.9 Å².